The van der Waals surface area contributed by atoms with Crippen LogP contribution in [0.25, 0.3) is 0 Å². The molecule has 1 aliphatic heterocycles. The molecule has 2 rings (SSSR count). The van der Waals surface area contributed by atoms with Gasteiger partial charge in [-0.15, -0.1) is 0 Å². The van der Waals surface area contributed by atoms with Crippen LogP contribution in [0.15, 0.2) is 24.3 Å². The zero-order valence-electron chi connectivity index (χ0n) is 7.03. The van der Waals surface area contributed by atoms with E-state index in [9.17, 15) is 4.79 Å². The molecule has 0 aliphatic carbocycles. The Balaban J connectivity index is 2.47. The Morgan fingerprint density at radius 2 is 2.25 bits per heavy atom. The molecule has 12 heavy (non-hydrogen) atoms. The van der Waals surface area contributed by atoms with E-state index in [4.69, 9.17) is 0 Å². The van der Waals surface area contributed by atoms with Crippen LogP contribution >= 0.6 is 0 Å². The summed E-state index contributed by atoms with van der Waals surface area (Å²) < 4.78 is 0. The number of hydrogen-bond donors (Lipinski definition) is 0. The molecule has 0 spiro atoms. The van der Waals surface area contributed by atoms with Crippen LogP contribution in [0.4, 0.5) is 5.69 Å². The fourth-order valence-corrected chi connectivity index (χ4v) is 2.59. The molecule has 1 aliphatic rings. The van der Waals surface area contributed by atoms with Crippen LogP contribution in [-0.2, 0) is 11.2 Å². The Hall–Kier alpha value is -1.09. The van der Waals surface area contributed by atoms with E-state index in [2.05, 4.69) is 6.07 Å². The SMILES string of the molecule is O=CN1c2ccccc2CC1[SiH3]. The molecule has 0 N–H and O–H groups in total. The maximum absolute atomic E-state index is 10.7. The van der Waals surface area contributed by atoms with Gasteiger partial charge in [0.15, 0.2) is 0 Å². The Morgan fingerprint density at radius 1 is 1.50 bits per heavy atom. The molecule has 0 fully saturated rings. The summed E-state index contributed by atoms with van der Waals surface area (Å²) in [6.07, 6.45) is 1.99. The van der Waals surface area contributed by atoms with E-state index in [0.717, 1.165) is 28.8 Å². The maximum Gasteiger partial charge on any atom is 0.214 e. The van der Waals surface area contributed by atoms with Gasteiger partial charge in [-0.3, -0.25) is 4.79 Å². The maximum atomic E-state index is 10.7. The number of amides is 1. The van der Waals surface area contributed by atoms with Crippen molar-refractivity contribution in [1.82, 2.24) is 0 Å². The van der Waals surface area contributed by atoms with Crippen molar-refractivity contribution in [2.24, 2.45) is 0 Å². The third-order valence-corrected chi connectivity index (χ3v) is 3.34. The van der Waals surface area contributed by atoms with Gasteiger partial charge in [0.05, 0.1) is 0 Å². The predicted octanol–water partition coefficient (Wildman–Crippen LogP) is -0.103. The zero-order valence-corrected chi connectivity index (χ0v) is 9.03. The van der Waals surface area contributed by atoms with Crippen molar-refractivity contribution in [2.75, 3.05) is 4.90 Å². The van der Waals surface area contributed by atoms with Gasteiger partial charge in [-0.1, -0.05) is 18.2 Å². The molecular weight excluding hydrogens is 166 g/mol. The van der Waals surface area contributed by atoms with E-state index in [1.807, 2.05) is 23.1 Å². The number of anilines is 1. The molecule has 0 radical (unpaired) electrons. The van der Waals surface area contributed by atoms with Crippen LogP contribution in [0.3, 0.4) is 0 Å². The lowest BCUT2D eigenvalue weighted by molar-refractivity contribution is -0.107. The van der Waals surface area contributed by atoms with Crippen molar-refractivity contribution in [3.63, 3.8) is 0 Å². The minimum atomic E-state index is 0.458. The molecule has 0 bridgehead atoms. The van der Waals surface area contributed by atoms with Crippen LogP contribution in [0.1, 0.15) is 5.56 Å². The normalized spacial score (nSPS) is 21.0. The molecule has 0 saturated heterocycles. The number of rotatable bonds is 1. The third kappa shape index (κ3) is 0.974. The molecule has 1 amide bonds. The van der Waals surface area contributed by atoms with Crippen molar-refractivity contribution in [3.05, 3.63) is 29.8 Å². The van der Waals surface area contributed by atoms with Gasteiger partial charge in [-0.2, -0.15) is 0 Å². The highest BCUT2D eigenvalue weighted by Crippen LogP contribution is 2.28. The fourth-order valence-electron chi connectivity index (χ4n) is 1.75. The van der Waals surface area contributed by atoms with Gasteiger partial charge in [0.1, 0.15) is 0 Å². The first-order valence-electron chi connectivity index (χ1n) is 4.14. The van der Waals surface area contributed by atoms with Crippen LogP contribution in [0, 0.1) is 0 Å². The molecule has 2 nitrogen and oxygen atoms in total. The van der Waals surface area contributed by atoms with Crippen molar-refractivity contribution in [1.29, 1.82) is 0 Å². The van der Waals surface area contributed by atoms with Crippen molar-refractivity contribution in [3.8, 4) is 0 Å². The Kier molecular flexibility index (Phi) is 1.73. The van der Waals surface area contributed by atoms with Crippen LogP contribution in [-0.4, -0.2) is 22.3 Å². The Labute approximate surface area is 74.6 Å². The van der Waals surface area contributed by atoms with Crippen molar-refractivity contribution >= 4 is 22.3 Å². The van der Waals surface area contributed by atoms with Crippen molar-refractivity contribution < 1.29 is 4.79 Å². The summed E-state index contributed by atoms with van der Waals surface area (Å²) in [5, 5.41) is 0. The smallest absolute Gasteiger partial charge is 0.214 e. The molecule has 3 heteroatoms. The number of hydrogen-bond acceptors (Lipinski definition) is 1. The quantitative estimate of drug-likeness (QED) is 0.433. The molecule has 1 aromatic carbocycles. The topological polar surface area (TPSA) is 20.3 Å². The summed E-state index contributed by atoms with van der Waals surface area (Å²) in [7, 11) is 1.04. The van der Waals surface area contributed by atoms with E-state index in [1.54, 1.807) is 0 Å². The second-order valence-electron chi connectivity index (χ2n) is 3.19. The number of nitrogens with zero attached hydrogens (tertiary/aromatic N) is 1. The highest BCUT2D eigenvalue weighted by atomic mass is 28.1. The molecule has 1 unspecified atom stereocenters. The molecule has 1 aromatic rings. The minimum Gasteiger partial charge on any atom is -0.315 e. The van der Waals surface area contributed by atoms with E-state index in [1.165, 1.54) is 5.56 Å². The van der Waals surface area contributed by atoms with Gasteiger partial charge in [-0.05, 0) is 18.1 Å². The van der Waals surface area contributed by atoms with Crippen molar-refractivity contribution in [2.45, 2.75) is 12.1 Å². The van der Waals surface area contributed by atoms with E-state index in [-0.39, 0.29) is 0 Å². The molecule has 1 heterocycles. The fraction of sp³-hybridized carbons (Fsp3) is 0.222. The lowest BCUT2D eigenvalue weighted by atomic mass is 10.2. The van der Waals surface area contributed by atoms with Crippen LogP contribution < -0.4 is 4.90 Å². The van der Waals surface area contributed by atoms with E-state index >= 15 is 0 Å². The first-order valence-corrected chi connectivity index (χ1v) is 5.30. The molecule has 0 saturated carbocycles. The minimum absolute atomic E-state index is 0.458. The Bertz CT molecular complexity index is 313. The summed E-state index contributed by atoms with van der Waals surface area (Å²) in [4.78, 5) is 12.6. The second-order valence-corrected chi connectivity index (χ2v) is 4.53. The lowest BCUT2D eigenvalue weighted by Gasteiger charge is -2.15. The average Bonchev–Trinajstić information content (AvgIpc) is 2.40. The Morgan fingerprint density at radius 3 is 3.00 bits per heavy atom. The summed E-state index contributed by atoms with van der Waals surface area (Å²) in [5.74, 6) is 0. The summed E-state index contributed by atoms with van der Waals surface area (Å²) in [6, 6.07) is 8.13. The number of benzene rings is 1. The highest BCUT2D eigenvalue weighted by molar-refractivity contribution is 6.16. The van der Waals surface area contributed by atoms with Gasteiger partial charge >= 0.3 is 0 Å². The summed E-state index contributed by atoms with van der Waals surface area (Å²) >= 11 is 0. The van der Waals surface area contributed by atoms with Crippen LogP contribution in [0.2, 0.25) is 0 Å². The largest absolute Gasteiger partial charge is 0.315 e. The number of carbonyl (C=O) groups excluding carboxylic acids is 1. The number of para-hydroxylation sites is 1. The molecule has 1 atom stereocenters. The first-order chi connectivity index (χ1) is 5.83. The van der Waals surface area contributed by atoms with Gasteiger partial charge in [-0.25, -0.2) is 0 Å². The van der Waals surface area contributed by atoms with Crippen LogP contribution in [0.5, 0.6) is 0 Å². The van der Waals surface area contributed by atoms with Gasteiger partial charge < -0.3 is 4.90 Å². The average molecular weight is 177 g/mol. The van der Waals surface area contributed by atoms with E-state index < -0.39 is 0 Å². The molecular formula is C9H11NOSi. The summed E-state index contributed by atoms with van der Waals surface area (Å²) in [6.45, 7) is 0. The standard InChI is InChI=1S/C9H11NOSi/c11-6-10-8-4-2-1-3-7(8)5-9(10)12/h1-4,6,9H,5H2,12H3. The first kappa shape index (κ1) is 7.55. The van der Waals surface area contributed by atoms with Gasteiger partial charge in [0.2, 0.25) is 6.41 Å². The molecule has 0 aromatic heterocycles. The molecule has 62 valence electrons. The lowest BCUT2D eigenvalue weighted by Crippen LogP contribution is -2.30. The second kappa shape index (κ2) is 2.75. The third-order valence-electron chi connectivity index (χ3n) is 2.37. The number of carbonyl (C=O) groups is 1. The summed E-state index contributed by atoms with van der Waals surface area (Å²) in [5.41, 5.74) is 2.87. The van der Waals surface area contributed by atoms with E-state index in [0.29, 0.717) is 5.67 Å². The highest BCUT2D eigenvalue weighted by Gasteiger charge is 2.24. The van der Waals surface area contributed by atoms with Gasteiger partial charge in [0, 0.05) is 21.6 Å². The zero-order chi connectivity index (χ0) is 8.55. The predicted molar refractivity (Wildman–Crippen MR) is 52.4 cm³/mol. The van der Waals surface area contributed by atoms with Gasteiger partial charge in [0.25, 0.3) is 0 Å². The monoisotopic (exact) mass is 177 g/mol. The number of fused-ring (bicyclic) bond motifs is 1.